The number of carboxylic acids is 2. The molecule has 0 aliphatic heterocycles. The standard InChI is InChI=1S/2C12H20O4.2C8H18.Sn/c2*1-2-3-4-5-6-7-10-16-12(15)9-8-11(13)14;2*1-3-5-7-8-6-4-2;/h2*8-9H,2-7,10H2,1H3,(H,13,14);2*3-8H2,1-2H3;/q;;;;+2/p-2/b2*9-8-;;;. The summed E-state index contributed by atoms with van der Waals surface area (Å²) in [5, 5.41) is 19.9. The maximum atomic E-state index is 10.9. The summed E-state index contributed by atoms with van der Waals surface area (Å²) in [6.45, 7) is 14.0. The van der Waals surface area contributed by atoms with Gasteiger partial charge in [0.15, 0.2) is 0 Å². The SMILES string of the molecule is CCCCCCCC.CCCCCCCC.CCCCCCCCOC(=O)/C=C\C(=O)[O-].CCCCCCCCOC(=O)/C=C\C(=O)[O-].[Sn+2]. The van der Waals surface area contributed by atoms with Crippen LogP contribution in [0.5, 0.6) is 0 Å². The summed E-state index contributed by atoms with van der Waals surface area (Å²) in [5.74, 6) is -4.04. The maximum absolute atomic E-state index is 10.9. The summed E-state index contributed by atoms with van der Waals surface area (Å²) in [4.78, 5) is 41.7. The van der Waals surface area contributed by atoms with Crippen LogP contribution < -0.4 is 10.2 Å². The predicted molar refractivity (Wildman–Crippen MR) is 201 cm³/mol. The van der Waals surface area contributed by atoms with E-state index in [0.29, 0.717) is 25.4 Å². The molecule has 0 unspecified atom stereocenters. The molecule has 49 heavy (non-hydrogen) atoms. The van der Waals surface area contributed by atoms with Crippen LogP contribution in [0.1, 0.15) is 196 Å². The number of hydrogen-bond donors (Lipinski definition) is 0. The van der Waals surface area contributed by atoms with Crippen LogP contribution in [-0.4, -0.2) is 61.0 Å². The summed E-state index contributed by atoms with van der Waals surface area (Å²) in [6.07, 6.45) is 33.4. The normalized spacial score (nSPS) is 10.1. The Morgan fingerprint density at radius 1 is 0.367 bits per heavy atom. The van der Waals surface area contributed by atoms with Crippen molar-refractivity contribution in [2.24, 2.45) is 0 Å². The van der Waals surface area contributed by atoms with Crippen molar-refractivity contribution in [3.05, 3.63) is 24.3 Å². The van der Waals surface area contributed by atoms with Gasteiger partial charge in [-0.2, -0.15) is 0 Å². The summed E-state index contributed by atoms with van der Waals surface area (Å²) >= 11 is 0. The van der Waals surface area contributed by atoms with E-state index < -0.39 is 23.9 Å². The van der Waals surface area contributed by atoms with E-state index in [0.717, 1.165) is 50.7 Å². The molecule has 0 amide bonds. The molecule has 0 spiro atoms. The first-order chi connectivity index (χ1) is 23.2. The molecular formula is C40H74O8Sn. The van der Waals surface area contributed by atoms with Gasteiger partial charge in [0.1, 0.15) is 0 Å². The Labute approximate surface area is 318 Å². The van der Waals surface area contributed by atoms with Gasteiger partial charge in [0, 0.05) is 12.2 Å². The largest absolute Gasteiger partial charge is 2.00 e. The molecule has 0 rings (SSSR count). The Balaban J connectivity index is -0.000000183. The summed E-state index contributed by atoms with van der Waals surface area (Å²) in [7, 11) is 0. The molecule has 0 N–H and O–H groups in total. The molecule has 9 heteroatoms. The summed E-state index contributed by atoms with van der Waals surface area (Å²) < 4.78 is 9.56. The van der Waals surface area contributed by atoms with E-state index in [-0.39, 0.29) is 23.9 Å². The van der Waals surface area contributed by atoms with Gasteiger partial charge >= 0.3 is 35.8 Å². The fraction of sp³-hybridized carbons (Fsp3) is 0.800. The molecular weight excluding hydrogens is 727 g/mol. The van der Waals surface area contributed by atoms with Crippen molar-refractivity contribution in [2.45, 2.75) is 196 Å². The topological polar surface area (TPSA) is 133 Å². The number of carbonyl (C=O) groups excluding carboxylic acids is 4. The first-order valence-electron chi connectivity index (χ1n) is 19.3. The van der Waals surface area contributed by atoms with Crippen LogP contribution in [0.4, 0.5) is 0 Å². The van der Waals surface area contributed by atoms with Gasteiger partial charge in [-0.25, -0.2) is 9.59 Å². The zero-order valence-electron chi connectivity index (χ0n) is 32.5. The number of rotatable bonds is 28. The molecule has 0 atom stereocenters. The fourth-order valence-electron chi connectivity index (χ4n) is 4.19. The van der Waals surface area contributed by atoms with Crippen LogP contribution in [0.2, 0.25) is 0 Å². The molecule has 0 heterocycles. The maximum Gasteiger partial charge on any atom is 2.00 e. The predicted octanol–water partition coefficient (Wildman–Crippen LogP) is 8.75. The monoisotopic (exact) mass is 802 g/mol. The minimum absolute atomic E-state index is 0. The van der Waals surface area contributed by atoms with Crippen LogP contribution in [0.25, 0.3) is 0 Å². The van der Waals surface area contributed by atoms with Gasteiger partial charge in [0.25, 0.3) is 0 Å². The zero-order valence-corrected chi connectivity index (χ0v) is 35.3. The fourth-order valence-corrected chi connectivity index (χ4v) is 4.19. The Bertz CT molecular complexity index is 679. The molecule has 0 aliphatic rings. The quantitative estimate of drug-likeness (QED) is 0.0332. The number of carboxylic acid groups (broad SMARTS) is 2. The molecule has 0 aliphatic carbocycles. The molecule has 0 fully saturated rings. The minimum Gasteiger partial charge on any atom is -0.545 e. The smallest absolute Gasteiger partial charge is 0.545 e. The van der Waals surface area contributed by atoms with Crippen LogP contribution >= 0.6 is 0 Å². The van der Waals surface area contributed by atoms with Gasteiger partial charge in [-0.15, -0.1) is 0 Å². The second-order valence-electron chi connectivity index (χ2n) is 12.0. The van der Waals surface area contributed by atoms with Crippen molar-refractivity contribution < 1.29 is 38.9 Å². The Kier molecular flexibility index (Phi) is 61.1. The van der Waals surface area contributed by atoms with Crippen molar-refractivity contribution in [3.8, 4) is 0 Å². The molecule has 8 nitrogen and oxygen atoms in total. The molecule has 2 radical (unpaired) electrons. The molecule has 0 aromatic rings. The van der Waals surface area contributed by atoms with Gasteiger partial charge in [-0.1, -0.05) is 183 Å². The third-order valence-electron chi connectivity index (χ3n) is 7.11. The van der Waals surface area contributed by atoms with Crippen molar-refractivity contribution in [1.29, 1.82) is 0 Å². The zero-order chi connectivity index (χ0) is 36.9. The number of ether oxygens (including phenoxy) is 2. The number of esters is 2. The van der Waals surface area contributed by atoms with E-state index in [9.17, 15) is 29.4 Å². The summed E-state index contributed by atoms with van der Waals surface area (Å²) in [5.41, 5.74) is 0. The Morgan fingerprint density at radius 3 is 0.776 bits per heavy atom. The summed E-state index contributed by atoms with van der Waals surface area (Å²) in [6, 6.07) is 0. The second-order valence-corrected chi connectivity index (χ2v) is 12.0. The van der Waals surface area contributed by atoms with Gasteiger partial charge < -0.3 is 29.3 Å². The van der Waals surface area contributed by atoms with E-state index in [1.165, 1.54) is 116 Å². The van der Waals surface area contributed by atoms with Crippen LogP contribution in [0, 0.1) is 0 Å². The van der Waals surface area contributed by atoms with Crippen LogP contribution in [0.15, 0.2) is 24.3 Å². The Morgan fingerprint density at radius 2 is 0.571 bits per heavy atom. The molecule has 286 valence electrons. The molecule has 0 bridgehead atoms. The third-order valence-corrected chi connectivity index (χ3v) is 7.11. The average molecular weight is 802 g/mol. The molecule has 0 saturated carbocycles. The van der Waals surface area contributed by atoms with Crippen molar-refractivity contribution in [3.63, 3.8) is 0 Å². The number of aliphatic carboxylic acids is 2. The third kappa shape index (κ3) is 68.8. The van der Waals surface area contributed by atoms with Gasteiger partial charge in [0.2, 0.25) is 0 Å². The van der Waals surface area contributed by atoms with E-state index in [4.69, 9.17) is 9.47 Å². The first kappa shape index (κ1) is 56.5. The van der Waals surface area contributed by atoms with Crippen LogP contribution in [-0.2, 0) is 28.7 Å². The molecule has 0 aromatic heterocycles. The van der Waals surface area contributed by atoms with Crippen LogP contribution in [0.3, 0.4) is 0 Å². The number of hydrogen-bond acceptors (Lipinski definition) is 8. The minimum atomic E-state index is -1.39. The van der Waals surface area contributed by atoms with E-state index in [2.05, 4.69) is 41.5 Å². The Hall–Kier alpha value is -1.84. The first-order valence-corrected chi connectivity index (χ1v) is 19.3. The molecule has 0 saturated heterocycles. The average Bonchev–Trinajstić information content (AvgIpc) is 3.07. The van der Waals surface area contributed by atoms with E-state index in [1.807, 2.05) is 0 Å². The number of unbranched alkanes of at least 4 members (excludes halogenated alkanes) is 20. The van der Waals surface area contributed by atoms with Crippen molar-refractivity contribution in [2.75, 3.05) is 13.2 Å². The second kappa shape index (κ2) is 53.0. The van der Waals surface area contributed by atoms with Gasteiger partial charge in [-0.05, 0) is 25.0 Å². The van der Waals surface area contributed by atoms with Gasteiger partial charge in [0.05, 0.1) is 25.2 Å². The van der Waals surface area contributed by atoms with Crippen molar-refractivity contribution in [1.82, 2.24) is 0 Å². The van der Waals surface area contributed by atoms with Gasteiger partial charge in [-0.3, -0.25) is 0 Å². The number of carbonyl (C=O) groups is 4. The van der Waals surface area contributed by atoms with E-state index in [1.54, 1.807) is 0 Å². The van der Waals surface area contributed by atoms with E-state index >= 15 is 0 Å². The molecule has 0 aromatic carbocycles. The van der Waals surface area contributed by atoms with Crippen molar-refractivity contribution >= 4 is 47.8 Å².